The maximum Gasteiger partial charge on any atom is 0.329 e. The minimum Gasteiger partial charge on any atom is -0.492 e. The molecule has 1 saturated carbocycles. The zero-order chi connectivity index (χ0) is 28.9. The summed E-state index contributed by atoms with van der Waals surface area (Å²) < 4.78 is 19.8. The first kappa shape index (κ1) is 29.8. The molecule has 1 aliphatic carbocycles. The molecular weight excluding hydrogens is 556 g/mol. The minimum atomic E-state index is -1.33. The first-order valence-corrected chi connectivity index (χ1v) is 13.9. The largest absolute Gasteiger partial charge is 0.492 e. The molecule has 10 heteroatoms. The summed E-state index contributed by atoms with van der Waals surface area (Å²) in [4.78, 5) is 32.2. The van der Waals surface area contributed by atoms with Crippen LogP contribution in [0.2, 0.25) is 10.0 Å². The van der Waals surface area contributed by atoms with Gasteiger partial charge >= 0.3 is 5.97 Å². The van der Waals surface area contributed by atoms with Crippen molar-refractivity contribution >= 4 is 35.1 Å². The highest BCUT2D eigenvalue weighted by atomic mass is 35.5. The normalized spacial score (nSPS) is 14.7. The van der Waals surface area contributed by atoms with Crippen LogP contribution >= 0.6 is 23.2 Å². The number of carbonyl (C=O) groups excluding carboxylic acids is 1. The molecule has 0 atom stereocenters. The number of carboxylic acids is 1. The molecule has 0 bridgehead atoms. The number of hydrogen-bond acceptors (Lipinski definition) is 5. The lowest BCUT2D eigenvalue weighted by Crippen LogP contribution is -2.55. The number of rotatable bonds is 10. The lowest BCUT2D eigenvalue weighted by Gasteiger charge is -2.33. The van der Waals surface area contributed by atoms with Gasteiger partial charge in [0.05, 0.1) is 22.3 Å². The van der Waals surface area contributed by atoms with Gasteiger partial charge in [-0.1, -0.05) is 48.5 Å². The van der Waals surface area contributed by atoms with Gasteiger partial charge in [-0.3, -0.25) is 4.79 Å². The van der Waals surface area contributed by atoms with E-state index in [9.17, 15) is 19.1 Å². The highest BCUT2D eigenvalue weighted by Gasteiger charge is 2.41. The third-order valence-corrected chi connectivity index (χ3v) is 7.66. The second kappa shape index (κ2) is 13.0. The van der Waals surface area contributed by atoms with Crippen molar-refractivity contribution in [1.29, 1.82) is 0 Å². The lowest BCUT2D eigenvalue weighted by molar-refractivity contribution is -0.145. The molecular formula is C30H32Cl2FN3O4. The third kappa shape index (κ3) is 6.92. The Labute approximate surface area is 243 Å². The molecule has 0 saturated heterocycles. The minimum absolute atomic E-state index is 0.0478. The summed E-state index contributed by atoms with van der Waals surface area (Å²) in [6.45, 7) is 1.30. The maximum absolute atomic E-state index is 13.8. The molecule has 1 aromatic heterocycles. The van der Waals surface area contributed by atoms with E-state index in [-0.39, 0.29) is 10.7 Å². The van der Waals surface area contributed by atoms with Crippen molar-refractivity contribution in [3.05, 3.63) is 70.1 Å². The van der Waals surface area contributed by atoms with Crippen LogP contribution < -0.4 is 10.1 Å². The molecule has 1 fully saturated rings. The van der Waals surface area contributed by atoms with Gasteiger partial charge in [0.15, 0.2) is 0 Å². The zero-order valence-corrected chi connectivity index (χ0v) is 24.0. The Morgan fingerprint density at radius 3 is 2.42 bits per heavy atom. The molecule has 2 N–H and O–H groups in total. The number of carbonyl (C=O) groups is 2. The summed E-state index contributed by atoms with van der Waals surface area (Å²) in [7, 11) is 3.97. The fraction of sp³-hybridized carbons (Fsp3) is 0.367. The van der Waals surface area contributed by atoms with Gasteiger partial charge in [0.2, 0.25) is 0 Å². The highest BCUT2D eigenvalue weighted by molar-refractivity contribution is 6.33. The topological polar surface area (TPSA) is 91.8 Å². The van der Waals surface area contributed by atoms with Crippen molar-refractivity contribution in [3.8, 4) is 28.1 Å². The standard InChI is InChI=1S/C30H32Cl2FN3O4/c1-36(2)15-6-16-40-26-17-19(7-11-23(26)31)27-22(21-9-8-20(33)18-24(21)32)10-12-25(34-27)28(37)35-30(29(38)39)13-4-3-5-14-30/h7-12,17-18H,3-6,13-16H2,1-2H3,(H,35,37)(H,38,39). The molecule has 0 spiro atoms. The number of benzene rings is 2. The SMILES string of the molecule is CN(C)CCCOc1cc(-c2nc(C(=O)NC3(C(=O)O)CCCCC3)ccc2-c2ccc(F)cc2Cl)ccc1Cl. The van der Waals surface area contributed by atoms with Gasteiger partial charge < -0.3 is 20.1 Å². The van der Waals surface area contributed by atoms with E-state index >= 15 is 0 Å². The average Bonchev–Trinajstić information content (AvgIpc) is 2.92. The number of amides is 1. The van der Waals surface area contributed by atoms with E-state index in [4.69, 9.17) is 27.9 Å². The molecule has 0 radical (unpaired) electrons. The predicted octanol–water partition coefficient (Wildman–Crippen LogP) is 6.71. The van der Waals surface area contributed by atoms with Gasteiger partial charge in [0.1, 0.15) is 22.8 Å². The molecule has 212 valence electrons. The van der Waals surface area contributed by atoms with Crippen LogP contribution in [0.4, 0.5) is 4.39 Å². The fourth-order valence-electron chi connectivity index (χ4n) is 4.88. The van der Waals surface area contributed by atoms with Crippen LogP contribution in [0.25, 0.3) is 22.4 Å². The van der Waals surface area contributed by atoms with Gasteiger partial charge in [-0.15, -0.1) is 0 Å². The quantitative estimate of drug-likeness (QED) is 0.256. The van der Waals surface area contributed by atoms with Crippen molar-refractivity contribution in [3.63, 3.8) is 0 Å². The number of carboxylic acid groups (broad SMARTS) is 1. The number of pyridine rings is 1. The smallest absolute Gasteiger partial charge is 0.329 e. The average molecular weight is 589 g/mol. The molecule has 2 aromatic carbocycles. The van der Waals surface area contributed by atoms with Gasteiger partial charge in [0.25, 0.3) is 5.91 Å². The Kier molecular flexibility index (Phi) is 9.66. The molecule has 4 rings (SSSR count). The van der Waals surface area contributed by atoms with E-state index < -0.39 is 23.2 Å². The first-order chi connectivity index (χ1) is 19.1. The monoisotopic (exact) mass is 587 g/mol. The van der Waals surface area contributed by atoms with E-state index in [2.05, 4.69) is 15.2 Å². The van der Waals surface area contributed by atoms with E-state index in [0.717, 1.165) is 32.2 Å². The fourth-order valence-corrected chi connectivity index (χ4v) is 5.33. The van der Waals surface area contributed by atoms with E-state index in [1.807, 2.05) is 14.1 Å². The Morgan fingerprint density at radius 2 is 1.75 bits per heavy atom. The van der Waals surface area contributed by atoms with Crippen LogP contribution in [-0.2, 0) is 4.79 Å². The molecule has 1 amide bonds. The number of ether oxygens (including phenoxy) is 1. The maximum atomic E-state index is 13.8. The Hall–Kier alpha value is -3.20. The third-order valence-electron chi connectivity index (χ3n) is 7.03. The highest BCUT2D eigenvalue weighted by Crippen LogP contribution is 2.38. The van der Waals surface area contributed by atoms with Crippen LogP contribution in [0.5, 0.6) is 5.75 Å². The number of aliphatic carboxylic acids is 1. The number of halogens is 3. The van der Waals surface area contributed by atoms with Gasteiger partial charge in [0, 0.05) is 23.2 Å². The Morgan fingerprint density at radius 1 is 1.02 bits per heavy atom. The summed E-state index contributed by atoms with van der Waals surface area (Å²) in [5, 5.41) is 13.3. The summed E-state index contributed by atoms with van der Waals surface area (Å²) >= 11 is 12.8. The molecule has 0 unspecified atom stereocenters. The Balaban J connectivity index is 1.74. The number of hydrogen-bond donors (Lipinski definition) is 2. The summed E-state index contributed by atoms with van der Waals surface area (Å²) in [6.07, 6.45) is 3.87. The van der Waals surface area contributed by atoms with Crippen molar-refractivity contribution in [2.45, 2.75) is 44.1 Å². The summed E-state index contributed by atoms with van der Waals surface area (Å²) in [6, 6.07) is 12.4. The second-order valence-corrected chi connectivity index (χ2v) is 11.1. The Bertz CT molecular complexity index is 1390. The van der Waals surface area contributed by atoms with Gasteiger partial charge in [-0.05, 0) is 75.8 Å². The predicted molar refractivity (Wildman–Crippen MR) is 155 cm³/mol. The molecule has 1 aliphatic rings. The van der Waals surface area contributed by atoms with Gasteiger partial charge in [-0.2, -0.15) is 0 Å². The van der Waals surface area contributed by atoms with Crippen LogP contribution in [0.15, 0.2) is 48.5 Å². The van der Waals surface area contributed by atoms with Gasteiger partial charge in [-0.25, -0.2) is 14.2 Å². The molecule has 1 heterocycles. The first-order valence-electron chi connectivity index (χ1n) is 13.2. The molecule has 7 nitrogen and oxygen atoms in total. The van der Waals surface area contributed by atoms with Crippen LogP contribution in [0.3, 0.4) is 0 Å². The lowest BCUT2D eigenvalue weighted by atomic mass is 9.81. The zero-order valence-electron chi connectivity index (χ0n) is 22.5. The summed E-state index contributed by atoms with van der Waals surface area (Å²) in [5.41, 5.74) is 0.797. The van der Waals surface area contributed by atoms with E-state index in [1.54, 1.807) is 30.3 Å². The van der Waals surface area contributed by atoms with Crippen LogP contribution in [0.1, 0.15) is 49.0 Å². The number of nitrogens with one attached hydrogen (secondary N) is 1. The number of aromatic nitrogens is 1. The van der Waals surface area contributed by atoms with E-state index in [1.165, 1.54) is 18.2 Å². The molecule has 0 aliphatic heterocycles. The van der Waals surface area contributed by atoms with Crippen molar-refractivity contribution < 1.29 is 23.8 Å². The van der Waals surface area contributed by atoms with E-state index in [0.29, 0.717) is 52.6 Å². The molecule has 40 heavy (non-hydrogen) atoms. The number of nitrogens with zero attached hydrogens (tertiary/aromatic N) is 2. The second-order valence-electron chi connectivity index (χ2n) is 10.3. The van der Waals surface area contributed by atoms with Crippen LogP contribution in [0, 0.1) is 5.82 Å². The van der Waals surface area contributed by atoms with Crippen molar-refractivity contribution in [2.75, 3.05) is 27.2 Å². The van der Waals surface area contributed by atoms with Crippen molar-refractivity contribution in [2.24, 2.45) is 0 Å². The van der Waals surface area contributed by atoms with Crippen molar-refractivity contribution in [1.82, 2.24) is 15.2 Å². The summed E-state index contributed by atoms with van der Waals surface area (Å²) in [5.74, 6) is -1.66. The van der Waals surface area contributed by atoms with Crippen LogP contribution in [-0.4, -0.2) is 59.7 Å². The molecule has 3 aromatic rings.